The van der Waals surface area contributed by atoms with E-state index < -0.39 is 0 Å². The Morgan fingerprint density at radius 3 is 1.86 bits per heavy atom. The highest BCUT2D eigenvalue weighted by Gasteiger charge is 2.24. The molecular weight excluding hydrogens is 627 g/mol. The first-order chi connectivity index (χ1) is 25.2. The van der Waals surface area contributed by atoms with Crippen LogP contribution in [0.3, 0.4) is 0 Å². The number of hydrogen-bond donors (Lipinski definition) is 0. The zero-order valence-corrected chi connectivity index (χ0v) is 26.9. The standard InChI is InChI=1S/C45H23N5O/c1-48-36-20-18-28(26-47)42(45(36)50-38-15-7-2-10-31(38)32-11-3-8-16-39(32)50)29-22-27(25-46)23-30(24-29)49-37-14-6-4-12-33(37)34-19-21-41-43(44(34)49)35-13-5-9-17-40(35)51-41/h2-24H. The minimum absolute atomic E-state index is 0.405. The second-order valence-electron chi connectivity index (χ2n) is 12.6. The molecule has 10 rings (SSSR count). The van der Waals surface area contributed by atoms with E-state index in [-0.39, 0.29) is 0 Å². The van der Waals surface area contributed by atoms with Gasteiger partial charge in [-0.05, 0) is 60.2 Å². The van der Waals surface area contributed by atoms with Gasteiger partial charge >= 0.3 is 0 Å². The number of nitrogens with zero attached hydrogens (tertiary/aromatic N) is 5. The molecule has 0 amide bonds. The molecular formula is C45H23N5O. The highest BCUT2D eigenvalue weighted by molar-refractivity contribution is 6.24. The second kappa shape index (κ2) is 10.7. The normalized spacial score (nSPS) is 11.5. The van der Waals surface area contributed by atoms with Crippen LogP contribution < -0.4 is 0 Å². The molecule has 0 saturated carbocycles. The fourth-order valence-corrected chi connectivity index (χ4v) is 7.93. The summed E-state index contributed by atoms with van der Waals surface area (Å²) in [4.78, 5) is 3.99. The van der Waals surface area contributed by atoms with Gasteiger partial charge in [-0.25, -0.2) is 4.85 Å². The van der Waals surface area contributed by atoms with Crippen molar-refractivity contribution in [2.45, 2.75) is 0 Å². The Labute approximate surface area is 291 Å². The Balaban J connectivity index is 1.36. The third-order valence-corrected chi connectivity index (χ3v) is 9.97. The number of para-hydroxylation sites is 4. The molecule has 0 fully saturated rings. The van der Waals surface area contributed by atoms with Gasteiger partial charge < -0.3 is 13.6 Å². The molecule has 3 aromatic heterocycles. The number of fused-ring (bicyclic) bond motifs is 10. The van der Waals surface area contributed by atoms with Crippen LogP contribution in [0.15, 0.2) is 144 Å². The predicted molar refractivity (Wildman–Crippen MR) is 204 cm³/mol. The number of benzene rings is 7. The molecule has 0 bridgehead atoms. The molecule has 0 aliphatic heterocycles. The van der Waals surface area contributed by atoms with Gasteiger partial charge in [0.2, 0.25) is 5.69 Å². The fourth-order valence-electron chi connectivity index (χ4n) is 7.93. The molecule has 0 aliphatic carbocycles. The summed E-state index contributed by atoms with van der Waals surface area (Å²) in [5, 5.41) is 27.4. The zero-order chi connectivity index (χ0) is 34.2. The van der Waals surface area contributed by atoms with Crippen molar-refractivity contribution in [2.75, 3.05) is 0 Å². The van der Waals surface area contributed by atoms with Gasteiger partial charge in [-0.3, -0.25) is 0 Å². The third kappa shape index (κ3) is 3.95. The van der Waals surface area contributed by atoms with Crippen molar-refractivity contribution in [3.8, 4) is 34.6 Å². The SMILES string of the molecule is [C-]#[N+]c1ccc(C#N)c(-c2cc(C#N)cc(-n3c4ccccc4c4ccc5oc6ccccc6c5c43)c2)c1-n1c2ccccc2c2ccccc21. The summed E-state index contributed by atoms with van der Waals surface area (Å²) in [6, 6.07) is 50.7. The van der Waals surface area contributed by atoms with Gasteiger partial charge in [0.25, 0.3) is 0 Å². The van der Waals surface area contributed by atoms with Crippen LogP contribution in [0.2, 0.25) is 0 Å². The average molecular weight is 650 g/mol. The van der Waals surface area contributed by atoms with Crippen LogP contribution in [0, 0.1) is 29.2 Å². The molecule has 0 saturated heterocycles. The summed E-state index contributed by atoms with van der Waals surface area (Å²) >= 11 is 0. The van der Waals surface area contributed by atoms with Crippen LogP contribution in [0.4, 0.5) is 5.69 Å². The molecule has 0 atom stereocenters. The van der Waals surface area contributed by atoms with Gasteiger partial charge in [0.05, 0.1) is 63.0 Å². The number of nitriles is 2. The van der Waals surface area contributed by atoms with Gasteiger partial charge in [0.15, 0.2) is 0 Å². The van der Waals surface area contributed by atoms with Crippen LogP contribution in [-0.2, 0) is 0 Å². The van der Waals surface area contributed by atoms with Crippen molar-refractivity contribution in [3.05, 3.63) is 162 Å². The molecule has 234 valence electrons. The van der Waals surface area contributed by atoms with E-state index in [9.17, 15) is 10.5 Å². The second-order valence-corrected chi connectivity index (χ2v) is 12.6. The molecule has 6 heteroatoms. The first kappa shape index (κ1) is 28.4. The Bertz CT molecular complexity index is 3190. The summed E-state index contributed by atoms with van der Waals surface area (Å²) in [5.74, 6) is 0. The minimum Gasteiger partial charge on any atom is -0.456 e. The van der Waals surface area contributed by atoms with Gasteiger partial charge in [0.1, 0.15) is 11.2 Å². The molecule has 0 aliphatic rings. The highest BCUT2D eigenvalue weighted by atomic mass is 16.3. The molecule has 3 heterocycles. The monoisotopic (exact) mass is 649 g/mol. The smallest absolute Gasteiger partial charge is 0.211 e. The summed E-state index contributed by atoms with van der Waals surface area (Å²) in [6.07, 6.45) is 0. The Kier molecular flexibility index (Phi) is 5.97. The minimum atomic E-state index is 0.405. The van der Waals surface area contributed by atoms with Crippen LogP contribution in [-0.4, -0.2) is 9.13 Å². The van der Waals surface area contributed by atoms with E-state index in [0.29, 0.717) is 33.6 Å². The van der Waals surface area contributed by atoms with Gasteiger partial charge in [-0.2, -0.15) is 10.5 Å². The van der Waals surface area contributed by atoms with Crippen molar-refractivity contribution in [1.29, 1.82) is 10.5 Å². The number of aromatic nitrogens is 2. The van der Waals surface area contributed by atoms with E-state index in [1.54, 1.807) is 12.1 Å². The highest BCUT2D eigenvalue weighted by Crippen LogP contribution is 2.45. The van der Waals surface area contributed by atoms with Crippen LogP contribution in [0.25, 0.3) is 92.9 Å². The van der Waals surface area contributed by atoms with E-state index in [4.69, 9.17) is 11.0 Å². The summed E-state index contributed by atoms with van der Waals surface area (Å²) in [5.41, 5.74) is 9.24. The predicted octanol–water partition coefficient (Wildman–Crippen LogP) is 11.7. The maximum atomic E-state index is 10.6. The maximum Gasteiger partial charge on any atom is 0.211 e. The molecule has 10 aromatic rings. The largest absolute Gasteiger partial charge is 0.456 e. The number of hydrogen-bond acceptors (Lipinski definition) is 3. The topological polar surface area (TPSA) is 74.9 Å². The van der Waals surface area contributed by atoms with E-state index in [0.717, 1.165) is 71.2 Å². The molecule has 7 aromatic carbocycles. The average Bonchev–Trinajstić information content (AvgIpc) is 3.84. The summed E-state index contributed by atoms with van der Waals surface area (Å²) in [7, 11) is 0. The molecule has 0 unspecified atom stereocenters. The van der Waals surface area contributed by atoms with Gasteiger partial charge in [0, 0.05) is 38.2 Å². The lowest BCUT2D eigenvalue weighted by molar-refractivity contribution is 0.669. The maximum absolute atomic E-state index is 10.6. The molecule has 0 radical (unpaired) electrons. The molecule has 6 nitrogen and oxygen atoms in total. The third-order valence-electron chi connectivity index (χ3n) is 9.97. The van der Waals surface area contributed by atoms with Crippen LogP contribution >= 0.6 is 0 Å². The lowest BCUT2D eigenvalue weighted by Gasteiger charge is -2.19. The van der Waals surface area contributed by atoms with Gasteiger partial charge in [-0.1, -0.05) is 84.9 Å². The van der Waals surface area contributed by atoms with Crippen molar-refractivity contribution < 1.29 is 4.42 Å². The molecule has 51 heavy (non-hydrogen) atoms. The van der Waals surface area contributed by atoms with Gasteiger partial charge in [-0.15, -0.1) is 0 Å². The Morgan fingerprint density at radius 1 is 0.569 bits per heavy atom. The van der Waals surface area contributed by atoms with Crippen molar-refractivity contribution >= 4 is 71.2 Å². The lowest BCUT2D eigenvalue weighted by atomic mass is 9.94. The lowest BCUT2D eigenvalue weighted by Crippen LogP contribution is -2.02. The first-order valence-corrected chi connectivity index (χ1v) is 16.5. The molecule has 0 N–H and O–H groups in total. The van der Waals surface area contributed by atoms with Crippen LogP contribution in [0.1, 0.15) is 11.1 Å². The van der Waals surface area contributed by atoms with E-state index in [1.165, 1.54) is 0 Å². The van der Waals surface area contributed by atoms with Crippen molar-refractivity contribution in [3.63, 3.8) is 0 Å². The molecule has 0 spiro atoms. The van der Waals surface area contributed by atoms with Crippen molar-refractivity contribution in [2.24, 2.45) is 0 Å². The Morgan fingerprint density at radius 2 is 1.20 bits per heavy atom. The zero-order valence-electron chi connectivity index (χ0n) is 26.9. The van der Waals surface area contributed by atoms with E-state index in [2.05, 4.69) is 62.5 Å². The van der Waals surface area contributed by atoms with Crippen molar-refractivity contribution in [1.82, 2.24) is 9.13 Å². The fraction of sp³-hybridized carbons (Fsp3) is 0. The van der Waals surface area contributed by atoms with E-state index >= 15 is 0 Å². The number of furan rings is 1. The first-order valence-electron chi connectivity index (χ1n) is 16.5. The number of rotatable bonds is 3. The quantitative estimate of drug-likeness (QED) is 0.179. The summed E-state index contributed by atoms with van der Waals surface area (Å²) < 4.78 is 10.6. The Hall–Kier alpha value is -7.59. The van der Waals surface area contributed by atoms with Crippen LogP contribution in [0.5, 0.6) is 0 Å². The van der Waals surface area contributed by atoms with E-state index in [1.807, 2.05) is 91.0 Å². The summed E-state index contributed by atoms with van der Waals surface area (Å²) in [6.45, 7) is 8.30.